The SMILES string of the molecule is CCCNc1nc(NCCc2ccc(OC)c(OC)c2)nc2ccccc12. The Bertz CT molecular complexity index is 898. The summed E-state index contributed by atoms with van der Waals surface area (Å²) in [5, 5.41) is 7.76. The van der Waals surface area contributed by atoms with E-state index in [0.717, 1.165) is 59.7 Å². The molecule has 0 aliphatic carbocycles. The fourth-order valence-corrected chi connectivity index (χ4v) is 2.89. The van der Waals surface area contributed by atoms with Gasteiger partial charge >= 0.3 is 0 Å². The van der Waals surface area contributed by atoms with E-state index in [2.05, 4.69) is 27.5 Å². The molecular formula is C21H26N4O2. The number of hydrogen-bond acceptors (Lipinski definition) is 6. The zero-order valence-electron chi connectivity index (χ0n) is 16.1. The largest absolute Gasteiger partial charge is 0.493 e. The van der Waals surface area contributed by atoms with Crippen LogP contribution in [0, 0.1) is 0 Å². The van der Waals surface area contributed by atoms with Crippen LogP contribution in [0.25, 0.3) is 10.9 Å². The molecule has 0 radical (unpaired) electrons. The second-order valence-corrected chi connectivity index (χ2v) is 6.21. The van der Waals surface area contributed by atoms with Crippen LogP contribution in [-0.4, -0.2) is 37.3 Å². The number of hydrogen-bond donors (Lipinski definition) is 2. The Balaban J connectivity index is 1.71. The topological polar surface area (TPSA) is 68.3 Å². The van der Waals surface area contributed by atoms with Crippen LogP contribution in [0.4, 0.5) is 11.8 Å². The molecule has 1 heterocycles. The highest BCUT2D eigenvalue weighted by Crippen LogP contribution is 2.27. The molecule has 0 bridgehead atoms. The van der Waals surface area contributed by atoms with Crippen molar-refractivity contribution in [2.75, 3.05) is 37.9 Å². The maximum atomic E-state index is 5.36. The van der Waals surface area contributed by atoms with Crippen molar-refractivity contribution in [3.8, 4) is 11.5 Å². The fraction of sp³-hybridized carbons (Fsp3) is 0.333. The molecule has 0 aliphatic heterocycles. The average Bonchev–Trinajstić information content (AvgIpc) is 2.71. The van der Waals surface area contributed by atoms with Gasteiger partial charge in [-0.05, 0) is 42.7 Å². The number of nitrogens with zero attached hydrogens (tertiary/aromatic N) is 2. The molecule has 0 unspecified atom stereocenters. The summed E-state index contributed by atoms with van der Waals surface area (Å²) >= 11 is 0. The van der Waals surface area contributed by atoms with E-state index in [1.54, 1.807) is 14.2 Å². The van der Waals surface area contributed by atoms with E-state index in [0.29, 0.717) is 5.95 Å². The van der Waals surface area contributed by atoms with Crippen molar-refractivity contribution in [1.29, 1.82) is 0 Å². The minimum atomic E-state index is 0.632. The van der Waals surface area contributed by atoms with Gasteiger partial charge in [-0.15, -0.1) is 0 Å². The Morgan fingerprint density at radius 3 is 2.48 bits per heavy atom. The minimum absolute atomic E-state index is 0.632. The Kier molecular flexibility index (Phi) is 6.30. The highest BCUT2D eigenvalue weighted by molar-refractivity contribution is 5.89. The summed E-state index contributed by atoms with van der Waals surface area (Å²) < 4.78 is 10.6. The maximum Gasteiger partial charge on any atom is 0.225 e. The number of fused-ring (bicyclic) bond motifs is 1. The Hall–Kier alpha value is -3.02. The summed E-state index contributed by atoms with van der Waals surface area (Å²) in [6.45, 7) is 3.74. The van der Waals surface area contributed by atoms with Gasteiger partial charge in [-0.25, -0.2) is 4.98 Å². The first-order chi connectivity index (χ1) is 13.2. The van der Waals surface area contributed by atoms with Crippen LogP contribution < -0.4 is 20.1 Å². The van der Waals surface area contributed by atoms with Gasteiger partial charge in [0.1, 0.15) is 5.82 Å². The molecule has 27 heavy (non-hydrogen) atoms. The van der Waals surface area contributed by atoms with Crippen molar-refractivity contribution < 1.29 is 9.47 Å². The number of methoxy groups -OCH3 is 2. The van der Waals surface area contributed by atoms with Crippen LogP contribution in [0.3, 0.4) is 0 Å². The van der Waals surface area contributed by atoms with Crippen LogP contribution in [-0.2, 0) is 6.42 Å². The number of ether oxygens (including phenoxy) is 2. The van der Waals surface area contributed by atoms with E-state index in [1.165, 1.54) is 0 Å². The molecule has 0 fully saturated rings. The average molecular weight is 366 g/mol. The number of aromatic nitrogens is 2. The molecule has 3 aromatic rings. The predicted octanol–water partition coefficient (Wildman–Crippen LogP) is 4.12. The molecule has 0 atom stereocenters. The number of nitrogens with one attached hydrogen (secondary N) is 2. The number of para-hydroxylation sites is 1. The summed E-state index contributed by atoms with van der Waals surface area (Å²) in [4.78, 5) is 9.28. The molecule has 0 amide bonds. The van der Waals surface area contributed by atoms with E-state index in [4.69, 9.17) is 9.47 Å². The van der Waals surface area contributed by atoms with Gasteiger partial charge in [0.25, 0.3) is 0 Å². The van der Waals surface area contributed by atoms with Crippen LogP contribution in [0.5, 0.6) is 11.5 Å². The van der Waals surface area contributed by atoms with Gasteiger partial charge in [-0.2, -0.15) is 4.98 Å². The molecule has 1 aromatic heterocycles. The van der Waals surface area contributed by atoms with Gasteiger partial charge in [0.05, 0.1) is 19.7 Å². The lowest BCUT2D eigenvalue weighted by atomic mass is 10.1. The first kappa shape index (κ1) is 18.8. The number of benzene rings is 2. The molecule has 0 spiro atoms. The minimum Gasteiger partial charge on any atom is -0.493 e. The molecule has 0 saturated carbocycles. The summed E-state index contributed by atoms with van der Waals surface area (Å²) in [5.74, 6) is 2.98. The van der Waals surface area contributed by atoms with Crippen LogP contribution >= 0.6 is 0 Å². The highest BCUT2D eigenvalue weighted by atomic mass is 16.5. The van der Waals surface area contributed by atoms with Crippen molar-refractivity contribution in [3.05, 3.63) is 48.0 Å². The van der Waals surface area contributed by atoms with Gasteiger partial charge in [0.15, 0.2) is 11.5 Å². The summed E-state index contributed by atoms with van der Waals surface area (Å²) in [7, 11) is 3.29. The molecule has 2 N–H and O–H groups in total. The normalized spacial score (nSPS) is 10.6. The molecule has 0 aliphatic rings. The van der Waals surface area contributed by atoms with Gasteiger partial charge in [-0.1, -0.05) is 25.1 Å². The summed E-state index contributed by atoms with van der Waals surface area (Å²) in [5.41, 5.74) is 2.09. The lowest BCUT2D eigenvalue weighted by molar-refractivity contribution is 0.354. The van der Waals surface area contributed by atoms with Crippen LogP contribution in [0.1, 0.15) is 18.9 Å². The maximum absolute atomic E-state index is 5.36. The predicted molar refractivity (Wildman–Crippen MR) is 110 cm³/mol. The van der Waals surface area contributed by atoms with Crippen molar-refractivity contribution >= 4 is 22.7 Å². The van der Waals surface area contributed by atoms with Crippen LogP contribution in [0.15, 0.2) is 42.5 Å². The van der Waals surface area contributed by atoms with Crippen molar-refractivity contribution in [2.24, 2.45) is 0 Å². The number of rotatable bonds is 9. The van der Waals surface area contributed by atoms with E-state index < -0.39 is 0 Å². The Morgan fingerprint density at radius 2 is 1.70 bits per heavy atom. The molecule has 6 nitrogen and oxygen atoms in total. The van der Waals surface area contributed by atoms with E-state index in [9.17, 15) is 0 Å². The zero-order chi connectivity index (χ0) is 19.1. The highest BCUT2D eigenvalue weighted by Gasteiger charge is 2.08. The summed E-state index contributed by atoms with van der Waals surface area (Å²) in [6.07, 6.45) is 1.87. The molecule has 3 rings (SSSR count). The lowest BCUT2D eigenvalue weighted by Gasteiger charge is -2.12. The second kappa shape index (κ2) is 9.07. The molecule has 2 aromatic carbocycles. The van der Waals surface area contributed by atoms with Gasteiger partial charge in [0.2, 0.25) is 5.95 Å². The molecule has 142 valence electrons. The smallest absolute Gasteiger partial charge is 0.225 e. The fourth-order valence-electron chi connectivity index (χ4n) is 2.89. The quantitative estimate of drug-likeness (QED) is 0.594. The van der Waals surface area contributed by atoms with Crippen molar-refractivity contribution in [2.45, 2.75) is 19.8 Å². The van der Waals surface area contributed by atoms with Gasteiger partial charge in [0, 0.05) is 18.5 Å². The first-order valence-electron chi connectivity index (χ1n) is 9.20. The lowest BCUT2D eigenvalue weighted by Crippen LogP contribution is -2.11. The number of anilines is 2. The van der Waals surface area contributed by atoms with E-state index >= 15 is 0 Å². The van der Waals surface area contributed by atoms with E-state index in [1.807, 2.05) is 42.5 Å². The molecule has 6 heteroatoms. The summed E-state index contributed by atoms with van der Waals surface area (Å²) in [6, 6.07) is 14.0. The first-order valence-corrected chi connectivity index (χ1v) is 9.20. The van der Waals surface area contributed by atoms with Gasteiger partial charge < -0.3 is 20.1 Å². The monoisotopic (exact) mass is 366 g/mol. The third-order valence-electron chi connectivity index (χ3n) is 4.29. The van der Waals surface area contributed by atoms with E-state index in [-0.39, 0.29) is 0 Å². The zero-order valence-corrected chi connectivity index (χ0v) is 16.1. The van der Waals surface area contributed by atoms with Crippen LogP contribution in [0.2, 0.25) is 0 Å². The molecule has 0 saturated heterocycles. The Labute approximate surface area is 159 Å². The second-order valence-electron chi connectivity index (χ2n) is 6.21. The van der Waals surface area contributed by atoms with Gasteiger partial charge in [-0.3, -0.25) is 0 Å². The standard InChI is InChI=1S/C21H26N4O2/c1-4-12-22-20-16-7-5-6-8-17(16)24-21(25-20)23-13-11-15-9-10-18(26-2)19(14-15)27-3/h5-10,14H,4,11-13H2,1-3H3,(H2,22,23,24,25). The third-order valence-corrected chi connectivity index (χ3v) is 4.29. The molecular weight excluding hydrogens is 340 g/mol. The van der Waals surface area contributed by atoms with Crippen molar-refractivity contribution in [3.63, 3.8) is 0 Å². The Morgan fingerprint density at radius 1 is 0.889 bits per heavy atom. The van der Waals surface area contributed by atoms with Crippen molar-refractivity contribution in [1.82, 2.24) is 9.97 Å². The third kappa shape index (κ3) is 4.58.